The Hall–Kier alpha value is -2.16. The molecule has 0 heterocycles. The van der Waals surface area contributed by atoms with Crippen molar-refractivity contribution < 1.29 is 4.43 Å². The predicted molar refractivity (Wildman–Crippen MR) is 130 cm³/mol. The second kappa shape index (κ2) is 8.91. The monoisotopic (exact) mass is 414 g/mol. The molecule has 0 atom stereocenters. The molecule has 2 heteroatoms. The van der Waals surface area contributed by atoms with Crippen LogP contribution in [0.1, 0.15) is 46.5 Å². The van der Waals surface area contributed by atoms with Gasteiger partial charge in [-0.15, -0.1) is 0 Å². The summed E-state index contributed by atoms with van der Waals surface area (Å²) in [6, 6.07) is 32.9. The second-order valence-electron chi connectivity index (χ2n) is 9.74. The van der Waals surface area contributed by atoms with Gasteiger partial charge in [0.2, 0.25) is 0 Å². The lowest BCUT2D eigenvalue weighted by Crippen LogP contribution is -2.70. The Morgan fingerprint density at radius 3 is 1.30 bits per heavy atom. The quantitative estimate of drug-likeness (QED) is 0.408. The summed E-state index contributed by atoms with van der Waals surface area (Å²) in [7, 11) is -2.58. The summed E-state index contributed by atoms with van der Waals surface area (Å²) in [4.78, 5) is 0. The number of hydrogen-bond acceptors (Lipinski definition) is 1. The molecule has 1 aliphatic rings. The van der Waals surface area contributed by atoms with Crippen molar-refractivity contribution in [3.05, 3.63) is 91.0 Å². The number of rotatable bonds is 5. The van der Waals surface area contributed by atoms with E-state index in [0.717, 1.165) is 18.8 Å². The molecule has 156 valence electrons. The van der Waals surface area contributed by atoms with Crippen LogP contribution in [0, 0.1) is 11.3 Å². The molecule has 0 aromatic heterocycles. The highest BCUT2D eigenvalue weighted by molar-refractivity contribution is 7.07. The van der Waals surface area contributed by atoms with Gasteiger partial charge < -0.3 is 4.43 Å². The SMILES string of the molecule is CC(C)(C)C1CCC(O[Si](c2ccccc2)(c2ccccc2)c2ccccc2)CC1. The molecule has 1 saturated carbocycles. The fourth-order valence-electron chi connectivity index (χ4n) is 5.02. The largest absolute Gasteiger partial charge is 0.401 e. The van der Waals surface area contributed by atoms with Gasteiger partial charge in [-0.1, -0.05) is 112 Å². The van der Waals surface area contributed by atoms with Gasteiger partial charge >= 0.3 is 0 Å². The zero-order chi connectivity index (χ0) is 21.0. The molecule has 0 unspecified atom stereocenters. The van der Waals surface area contributed by atoms with Gasteiger partial charge in [-0.3, -0.25) is 0 Å². The number of hydrogen-bond donors (Lipinski definition) is 0. The van der Waals surface area contributed by atoms with Gasteiger partial charge in [0.1, 0.15) is 0 Å². The van der Waals surface area contributed by atoms with E-state index in [-0.39, 0.29) is 0 Å². The highest BCUT2D eigenvalue weighted by Gasteiger charge is 2.44. The van der Waals surface area contributed by atoms with Crippen molar-refractivity contribution in [1.82, 2.24) is 0 Å². The normalized spacial score (nSPS) is 20.1. The van der Waals surface area contributed by atoms with Crippen LogP contribution in [0.25, 0.3) is 0 Å². The third kappa shape index (κ3) is 4.31. The summed E-state index contributed by atoms with van der Waals surface area (Å²) >= 11 is 0. The fourth-order valence-corrected chi connectivity index (χ4v) is 9.15. The highest BCUT2D eigenvalue weighted by atomic mass is 28.4. The van der Waals surface area contributed by atoms with Crippen LogP contribution in [0.5, 0.6) is 0 Å². The van der Waals surface area contributed by atoms with Crippen LogP contribution in [0.2, 0.25) is 0 Å². The molecule has 4 rings (SSSR count). The van der Waals surface area contributed by atoms with Crippen LogP contribution in [0.3, 0.4) is 0 Å². The predicted octanol–water partition coefficient (Wildman–Crippen LogP) is 5.28. The lowest BCUT2D eigenvalue weighted by molar-refractivity contribution is 0.0872. The van der Waals surface area contributed by atoms with E-state index in [1.807, 2.05) is 0 Å². The van der Waals surface area contributed by atoms with Gasteiger partial charge in [-0.2, -0.15) is 0 Å². The van der Waals surface area contributed by atoms with E-state index in [9.17, 15) is 0 Å². The molecule has 30 heavy (non-hydrogen) atoms. The zero-order valence-corrected chi connectivity index (χ0v) is 19.6. The van der Waals surface area contributed by atoms with E-state index in [0.29, 0.717) is 11.5 Å². The average Bonchev–Trinajstić information content (AvgIpc) is 2.79. The molecule has 1 fully saturated rings. The lowest BCUT2D eigenvalue weighted by Gasteiger charge is -2.41. The van der Waals surface area contributed by atoms with Crippen LogP contribution >= 0.6 is 0 Å². The fraction of sp³-hybridized carbons (Fsp3) is 0.357. The van der Waals surface area contributed by atoms with Crippen molar-refractivity contribution in [2.24, 2.45) is 11.3 Å². The summed E-state index contributed by atoms with van der Waals surface area (Å²) < 4.78 is 7.34. The first-order valence-electron chi connectivity index (χ1n) is 11.3. The van der Waals surface area contributed by atoms with Crippen LogP contribution in [0.15, 0.2) is 91.0 Å². The first kappa shape index (κ1) is 21.1. The van der Waals surface area contributed by atoms with Crippen molar-refractivity contribution >= 4 is 23.9 Å². The van der Waals surface area contributed by atoms with Gasteiger partial charge in [-0.25, -0.2) is 0 Å². The molecule has 3 aromatic carbocycles. The Morgan fingerprint density at radius 2 is 0.967 bits per heavy atom. The summed E-state index contributed by atoms with van der Waals surface area (Å²) in [6.07, 6.45) is 5.15. The Balaban J connectivity index is 1.76. The topological polar surface area (TPSA) is 9.23 Å². The lowest BCUT2D eigenvalue weighted by atomic mass is 9.72. The van der Waals surface area contributed by atoms with Gasteiger partial charge in [0, 0.05) is 6.10 Å². The number of benzene rings is 3. The molecule has 3 aromatic rings. The van der Waals surface area contributed by atoms with Gasteiger partial charge in [-0.05, 0) is 52.6 Å². The minimum Gasteiger partial charge on any atom is -0.401 e. The molecule has 0 amide bonds. The second-order valence-corrected chi connectivity index (χ2v) is 13.1. The summed E-state index contributed by atoms with van der Waals surface area (Å²) in [5, 5.41) is 4.00. The van der Waals surface area contributed by atoms with Crippen molar-refractivity contribution in [2.75, 3.05) is 0 Å². The van der Waals surface area contributed by atoms with Crippen molar-refractivity contribution in [3.8, 4) is 0 Å². The Kier molecular flexibility index (Phi) is 6.26. The van der Waals surface area contributed by atoms with Gasteiger partial charge in [0.25, 0.3) is 8.32 Å². The molecule has 1 aliphatic carbocycles. The average molecular weight is 415 g/mol. The summed E-state index contributed by atoms with van der Waals surface area (Å²) in [6.45, 7) is 7.15. The summed E-state index contributed by atoms with van der Waals surface area (Å²) in [5.41, 5.74) is 0.387. The molecule has 0 saturated heterocycles. The Labute approximate surface area is 183 Å². The Morgan fingerprint density at radius 1 is 0.600 bits per heavy atom. The van der Waals surface area contributed by atoms with Crippen LogP contribution in [0.4, 0.5) is 0 Å². The van der Waals surface area contributed by atoms with E-state index in [1.54, 1.807) is 0 Å². The van der Waals surface area contributed by atoms with Crippen LogP contribution < -0.4 is 15.6 Å². The smallest absolute Gasteiger partial charge is 0.288 e. The maximum atomic E-state index is 7.34. The standard InChI is InChI=1S/C28H34OSi/c1-28(2,3)23-19-21-24(22-20-23)29-30(25-13-7-4-8-14-25,26-15-9-5-10-16-26)27-17-11-6-12-18-27/h4-18,23-24H,19-22H2,1-3H3. The van der Waals surface area contributed by atoms with E-state index in [4.69, 9.17) is 4.43 Å². The maximum absolute atomic E-state index is 7.34. The molecule has 0 N–H and O–H groups in total. The minimum atomic E-state index is -2.58. The molecule has 0 radical (unpaired) electrons. The summed E-state index contributed by atoms with van der Waals surface area (Å²) in [5.74, 6) is 0.790. The first-order valence-corrected chi connectivity index (χ1v) is 13.3. The van der Waals surface area contributed by atoms with Gasteiger partial charge in [0.05, 0.1) is 0 Å². The zero-order valence-electron chi connectivity index (χ0n) is 18.6. The van der Waals surface area contributed by atoms with Crippen molar-refractivity contribution in [1.29, 1.82) is 0 Å². The van der Waals surface area contributed by atoms with E-state index in [1.165, 1.54) is 28.4 Å². The van der Waals surface area contributed by atoms with Crippen molar-refractivity contribution in [2.45, 2.75) is 52.6 Å². The van der Waals surface area contributed by atoms with E-state index >= 15 is 0 Å². The van der Waals surface area contributed by atoms with Crippen LogP contribution in [-0.4, -0.2) is 14.4 Å². The van der Waals surface area contributed by atoms with Crippen LogP contribution in [-0.2, 0) is 4.43 Å². The van der Waals surface area contributed by atoms with E-state index < -0.39 is 8.32 Å². The maximum Gasteiger partial charge on any atom is 0.288 e. The molecular weight excluding hydrogens is 380 g/mol. The molecule has 1 nitrogen and oxygen atoms in total. The third-order valence-corrected chi connectivity index (χ3v) is 10.9. The van der Waals surface area contributed by atoms with Crippen molar-refractivity contribution in [3.63, 3.8) is 0 Å². The third-order valence-electron chi connectivity index (χ3n) is 6.78. The Bertz CT molecular complexity index is 810. The molecular formula is C28H34OSi. The highest BCUT2D eigenvalue weighted by Crippen LogP contribution is 2.39. The molecule has 0 bridgehead atoms. The molecule has 0 aliphatic heterocycles. The minimum absolute atomic E-state index is 0.316. The van der Waals surface area contributed by atoms with Gasteiger partial charge in [0.15, 0.2) is 0 Å². The molecule has 0 spiro atoms. The first-order chi connectivity index (χ1) is 14.5. The van der Waals surface area contributed by atoms with E-state index in [2.05, 4.69) is 112 Å².